The molecule has 0 bridgehead atoms. The number of halogens is 7. The van der Waals surface area contributed by atoms with Crippen molar-refractivity contribution in [1.82, 2.24) is 57.5 Å². The summed E-state index contributed by atoms with van der Waals surface area (Å²) in [6.07, 6.45) is 7.78. The molecule has 0 radical (unpaired) electrons. The van der Waals surface area contributed by atoms with Gasteiger partial charge in [-0.25, -0.2) is 44.3 Å². The van der Waals surface area contributed by atoms with Gasteiger partial charge in [-0.2, -0.15) is 0 Å². The van der Waals surface area contributed by atoms with Crippen LogP contribution in [0.25, 0.3) is 112 Å². The van der Waals surface area contributed by atoms with Crippen molar-refractivity contribution in [1.29, 1.82) is 0 Å². The standard InChI is InChI=1S/C18H15FN4O.C17H14N4O.2C16H12N4O.C2H4BrF.CH3F.7CH4.3BrH/c19-8-10-24-17-11-12(5-6-13(17)20)14-7-9-23-16-4-2-1-3-15(16)22-18(23)21-14;1-22-16-10-11(6-7-12(16)18)13-8-9-21-15-5-3-2-4-14(15)20-17(21)19-13;2*17-11-6-5-10(9-15(11)21)12-7-8-20-14-4-2-1-3-13(14)19-16(20)18-12;3-1-2-4;1-2;;;;;;;;;;/h1-7,9,11H,8,10,20H2;2-10H,18H2,1H3;2*1-9,21H,17H2;1-2H2;1H3;7*1H4;3*1H/i;;;;;1D;;;;;;;;;;. The summed E-state index contributed by atoms with van der Waals surface area (Å²) in [5, 5.41) is 19.9. The van der Waals surface area contributed by atoms with E-state index in [4.69, 9.17) is 33.8 Å². The van der Waals surface area contributed by atoms with Gasteiger partial charge < -0.3 is 42.6 Å². The van der Waals surface area contributed by atoms with Crippen LogP contribution in [-0.4, -0.2) is 107 Å². The van der Waals surface area contributed by atoms with E-state index in [-0.39, 0.29) is 128 Å². The lowest BCUT2D eigenvalue weighted by Crippen LogP contribution is -2.02. The lowest BCUT2D eigenvalue weighted by Gasteiger charge is -2.09. The van der Waals surface area contributed by atoms with Gasteiger partial charge in [-0.05, 0) is 121 Å². The Bertz CT molecular complexity index is 5220. The third kappa shape index (κ3) is 20.2. The number of aromatic hydroxyl groups is 2. The molecule has 10 N–H and O–H groups in total. The molecule has 8 aromatic heterocycles. The largest absolute Gasteiger partial charge is 0.506 e. The van der Waals surface area contributed by atoms with Crippen LogP contribution in [-0.2, 0) is 0 Å². The molecule has 8 aromatic carbocycles. The third-order valence-corrected chi connectivity index (χ3v) is 14.9. The number of nitrogens with zero attached hydrogens (tertiary/aromatic N) is 12. The molecule has 0 saturated heterocycles. The van der Waals surface area contributed by atoms with E-state index >= 15 is 0 Å². The van der Waals surface area contributed by atoms with Crippen LogP contribution in [0.4, 0.5) is 35.9 Å². The Morgan fingerprint density at radius 1 is 0.394 bits per heavy atom. The molecule has 104 heavy (non-hydrogen) atoms. The highest BCUT2D eigenvalue weighted by molar-refractivity contribution is 9.09. The lowest BCUT2D eigenvalue weighted by atomic mass is 10.1. The molecule has 552 valence electrons. The van der Waals surface area contributed by atoms with Crippen molar-refractivity contribution in [2.45, 2.75) is 52.0 Å². The number of phenolic OH excluding ortho intramolecular Hbond substituents is 2. The van der Waals surface area contributed by atoms with E-state index in [0.717, 1.165) is 89.2 Å². The average Bonchev–Trinajstić information content (AvgIpc) is 1.67. The Balaban J connectivity index is 0.000000659. The fourth-order valence-electron chi connectivity index (χ4n) is 10.1. The summed E-state index contributed by atoms with van der Waals surface area (Å²) in [4.78, 5) is 36.5. The number of ether oxygens (including phenoxy) is 2. The predicted octanol–water partition coefficient (Wildman–Crippen LogP) is 20.4. The van der Waals surface area contributed by atoms with E-state index in [9.17, 15) is 23.4 Å². The van der Waals surface area contributed by atoms with Gasteiger partial charge in [0.2, 0.25) is 23.1 Å². The zero-order valence-corrected chi connectivity index (χ0v) is 58.2. The maximum atomic E-state index is 12.3. The van der Waals surface area contributed by atoms with Crippen LogP contribution in [0.3, 0.4) is 0 Å². The third-order valence-electron chi connectivity index (χ3n) is 14.6. The van der Waals surface area contributed by atoms with Crippen molar-refractivity contribution < 1.29 is 34.2 Å². The summed E-state index contributed by atoms with van der Waals surface area (Å²) in [6, 6.07) is 60.5. The topological polar surface area (TPSA) is 284 Å². The molecular formula is C77H91Br4F3N16O4. The van der Waals surface area contributed by atoms with Gasteiger partial charge in [0.05, 0.1) is 112 Å². The number of para-hydroxylation sites is 8. The van der Waals surface area contributed by atoms with Crippen molar-refractivity contribution in [2.24, 2.45) is 0 Å². The summed E-state index contributed by atoms with van der Waals surface area (Å²) in [5.74, 6) is 3.78. The fraction of sp³-hybridized carbons (Fsp3) is 0.169. The molecule has 0 aliphatic carbocycles. The molecule has 8 heterocycles. The summed E-state index contributed by atoms with van der Waals surface area (Å²) in [5.41, 5.74) is 39.0. The number of anilines is 4. The first-order valence-corrected chi connectivity index (χ1v) is 30.0. The number of benzene rings is 8. The number of imidazole rings is 4. The van der Waals surface area contributed by atoms with Crippen LogP contribution in [0.15, 0.2) is 219 Å². The number of rotatable bonds is 9. The van der Waals surface area contributed by atoms with Crippen LogP contribution < -0.4 is 32.4 Å². The highest BCUT2D eigenvalue weighted by Crippen LogP contribution is 2.33. The molecule has 16 rings (SSSR count). The van der Waals surface area contributed by atoms with E-state index in [0.29, 0.717) is 62.7 Å². The van der Waals surface area contributed by atoms with Crippen LogP contribution in [0.2, 0.25) is 0 Å². The number of phenols is 2. The smallest absolute Gasteiger partial charge is 0.235 e. The van der Waals surface area contributed by atoms with Crippen LogP contribution in [0.5, 0.6) is 23.0 Å². The molecule has 0 atom stereocenters. The molecule has 0 unspecified atom stereocenters. The van der Waals surface area contributed by atoms with Crippen molar-refractivity contribution in [3.63, 3.8) is 0 Å². The Kier molecular flexibility index (Phi) is 36.2. The number of methoxy groups -OCH3 is 1. The zero-order valence-electron chi connectivity index (χ0n) is 52.4. The maximum Gasteiger partial charge on any atom is 0.235 e. The van der Waals surface area contributed by atoms with E-state index in [2.05, 4.69) is 55.8 Å². The van der Waals surface area contributed by atoms with Gasteiger partial charge in [0, 0.05) is 52.4 Å². The van der Waals surface area contributed by atoms with Crippen LogP contribution in [0, 0.1) is 0 Å². The summed E-state index contributed by atoms with van der Waals surface area (Å²) in [6.45, 7) is -0.847. The highest BCUT2D eigenvalue weighted by Gasteiger charge is 2.14. The first kappa shape index (κ1) is 89.5. The number of hydrogen-bond acceptors (Lipinski definition) is 16. The fourth-order valence-corrected chi connectivity index (χ4v) is 10.1. The Morgan fingerprint density at radius 3 is 0.923 bits per heavy atom. The van der Waals surface area contributed by atoms with Gasteiger partial charge in [-0.3, -0.25) is 26.4 Å². The Hall–Kier alpha value is -10.6. The van der Waals surface area contributed by atoms with E-state index < -0.39 is 13.8 Å². The zero-order chi connectivity index (χ0) is 66.5. The number of alkyl halides is 4. The molecule has 0 aliphatic heterocycles. The van der Waals surface area contributed by atoms with Gasteiger partial charge in [-0.1, -0.05) is 141 Å². The maximum absolute atomic E-state index is 12.3. The lowest BCUT2D eigenvalue weighted by molar-refractivity contribution is 0.274. The van der Waals surface area contributed by atoms with Crippen molar-refractivity contribution >= 4 is 157 Å². The van der Waals surface area contributed by atoms with E-state index in [1.165, 1.54) is 0 Å². The second-order valence-electron chi connectivity index (χ2n) is 20.5. The molecular weight excluding hydrogens is 1590 g/mol. The monoisotopic (exact) mass is 1680 g/mol. The van der Waals surface area contributed by atoms with Crippen molar-refractivity contribution in [3.05, 3.63) is 219 Å². The number of nitrogens with two attached hydrogens (primary N) is 4. The van der Waals surface area contributed by atoms with Crippen molar-refractivity contribution in [3.8, 4) is 68.0 Å². The minimum Gasteiger partial charge on any atom is -0.506 e. The summed E-state index contributed by atoms with van der Waals surface area (Å²) >= 11 is 2.87. The second-order valence-corrected chi connectivity index (χ2v) is 21.3. The normalized spacial score (nSPS) is 9.95. The molecule has 0 saturated carbocycles. The quantitative estimate of drug-likeness (QED) is 0.0445. The Morgan fingerprint density at radius 2 is 0.654 bits per heavy atom. The molecule has 0 amide bonds. The average molecular weight is 1680 g/mol. The minimum absolute atomic E-state index is 0. The molecule has 20 nitrogen and oxygen atoms in total. The van der Waals surface area contributed by atoms with Crippen LogP contribution in [0.1, 0.15) is 53.4 Å². The molecule has 27 heteroatoms. The SMILES string of the molecule is Br.Br.Br.C.C.C.C.C.C.C.COc1cc(-c2ccn3c(n2)nc2ccccc23)ccc1N.FCCBr.Nc1ccc(-c2ccn3c(n2)nc2ccccc23)cc1O.Nc1ccc(-c2ccn3c(n2)nc2ccccc23)cc1O.Nc1ccc(-c2ccn3c(n2)nc2ccccc23)cc1OCCF.[2H]CF. The number of fused-ring (bicyclic) bond motifs is 12. The minimum atomic E-state index is -1.00. The Labute approximate surface area is 645 Å². The summed E-state index contributed by atoms with van der Waals surface area (Å²) < 4.78 is 56.9. The van der Waals surface area contributed by atoms with Crippen molar-refractivity contribution in [2.75, 3.05) is 62.5 Å². The second kappa shape index (κ2) is 42.1. The van der Waals surface area contributed by atoms with E-state index in [1.807, 2.05) is 200 Å². The van der Waals surface area contributed by atoms with Gasteiger partial charge in [-0.15, -0.1) is 50.9 Å². The van der Waals surface area contributed by atoms with Crippen LogP contribution >= 0.6 is 66.9 Å². The summed E-state index contributed by atoms with van der Waals surface area (Å²) in [7, 11) is 0.605. The first-order valence-electron chi connectivity index (χ1n) is 29.6. The van der Waals surface area contributed by atoms with Gasteiger partial charge in [0.15, 0.2) is 0 Å². The van der Waals surface area contributed by atoms with E-state index in [1.54, 1.807) is 43.5 Å². The predicted molar refractivity (Wildman–Crippen MR) is 448 cm³/mol. The first-order chi connectivity index (χ1) is 46.3. The molecule has 0 spiro atoms. The molecule has 0 fully saturated rings. The number of aromatic nitrogens is 12. The van der Waals surface area contributed by atoms with Gasteiger partial charge in [0.25, 0.3) is 0 Å². The number of nitrogen functional groups attached to an aromatic ring is 4. The molecule has 0 aliphatic rings. The number of hydrogen-bond donors (Lipinski definition) is 6. The van der Waals surface area contributed by atoms with Gasteiger partial charge in [0.1, 0.15) is 36.3 Å². The van der Waals surface area contributed by atoms with Gasteiger partial charge >= 0.3 is 0 Å². The molecule has 16 aromatic rings. The highest BCUT2D eigenvalue weighted by atomic mass is 79.9.